The van der Waals surface area contributed by atoms with Gasteiger partial charge in [-0.2, -0.15) is 0 Å². The number of nitrogens with zero attached hydrogens (tertiary/aromatic N) is 3. The smallest absolute Gasteiger partial charge is 0.147 e. The van der Waals surface area contributed by atoms with Gasteiger partial charge in [0.2, 0.25) is 0 Å². The molecule has 0 aliphatic carbocycles. The predicted octanol–water partition coefficient (Wildman–Crippen LogP) is 3.89. The number of methoxy groups -OCH3 is 2. The van der Waals surface area contributed by atoms with Crippen molar-refractivity contribution < 1.29 is 9.47 Å². The van der Waals surface area contributed by atoms with Gasteiger partial charge in [0.25, 0.3) is 0 Å². The molecule has 5 heteroatoms. The van der Waals surface area contributed by atoms with E-state index in [-0.39, 0.29) is 0 Å². The number of rotatable bonds is 5. The average Bonchev–Trinajstić information content (AvgIpc) is 2.67. The molecule has 0 aliphatic rings. The number of hydrogen-bond donors (Lipinski definition) is 0. The highest BCUT2D eigenvalue weighted by Gasteiger charge is 2.13. The average molecular weight is 335 g/mol. The molecule has 1 aromatic heterocycles. The van der Waals surface area contributed by atoms with Crippen LogP contribution in [0.1, 0.15) is 0 Å². The zero-order valence-electron chi connectivity index (χ0n) is 14.9. The zero-order valence-corrected chi connectivity index (χ0v) is 14.9. The maximum Gasteiger partial charge on any atom is 0.147 e. The van der Waals surface area contributed by atoms with Crippen LogP contribution in [0.4, 0.5) is 5.82 Å². The Balaban J connectivity index is 2.12. The third-order valence-electron chi connectivity index (χ3n) is 3.94. The standard InChI is InChI=1S/C20H21N3O2/c1-23(2)18-13-21-19(14-5-9-16(24-3)10-6-14)20(22-18)15-7-11-17(25-4)12-8-15/h5-13H,1-4H3. The van der Waals surface area contributed by atoms with Crippen molar-refractivity contribution in [3.63, 3.8) is 0 Å². The molecule has 0 saturated heterocycles. The van der Waals surface area contributed by atoms with E-state index in [1.807, 2.05) is 67.5 Å². The Morgan fingerprint density at radius 3 is 1.64 bits per heavy atom. The fourth-order valence-electron chi connectivity index (χ4n) is 2.51. The first-order valence-electron chi connectivity index (χ1n) is 7.95. The van der Waals surface area contributed by atoms with E-state index in [0.29, 0.717) is 0 Å². The summed E-state index contributed by atoms with van der Waals surface area (Å²) in [4.78, 5) is 11.4. The van der Waals surface area contributed by atoms with Crippen LogP contribution in [0.3, 0.4) is 0 Å². The van der Waals surface area contributed by atoms with Crippen molar-refractivity contribution in [2.24, 2.45) is 0 Å². The van der Waals surface area contributed by atoms with Gasteiger partial charge in [0.15, 0.2) is 0 Å². The molecule has 0 N–H and O–H groups in total. The van der Waals surface area contributed by atoms with E-state index in [9.17, 15) is 0 Å². The van der Waals surface area contributed by atoms with Gasteiger partial charge in [0.1, 0.15) is 17.3 Å². The maximum atomic E-state index is 5.25. The fraction of sp³-hybridized carbons (Fsp3) is 0.200. The third-order valence-corrected chi connectivity index (χ3v) is 3.94. The Hall–Kier alpha value is -3.08. The van der Waals surface area contributed by atoms with Crippen LogP contribution in [0.25, 0.3) is 22.5 Å². The lowest BCUT2D eigenvalue weighted by molar-refractivity contribution is 0.414. The van der Waals surface area contributed by atoms with Gasteiger partial charge in [-0.3, -0.25) is 4.98 Å². The van der Waals surface area contributed by atoms with Crippen LogP contribution in [0.2, 0.25) is 0 Å². The molecule has 0 unspecified atom stereocenters. The maximum absolute atomic E-state index is 5.25. The Kier molecular flexibility index (Phi) is 4.84. The van der Waals surface area contributed by atoms with E-state index < -0.39 is 0 Å². The number of ether oxygens (including phenoxy) is 2. The number of anilines is 1. The van der Waals surface area contributed by atoms with Gasteiger partial charge in [0.05, 0.1) is 31.8 Å². The van der Waals surface area contributed by atoms with Crippen molar-refractivity contribution in [3.05, 3.63) is 54.7 Å². The highest BCUT2D eigenvalue weighted by Crippen LogP contribution is 2.32. The van der Waals surface area contributed by atoms with E-state index in [0.717, 1.165) is 39.8 Å². The number of benzene rings is 2. The molecule has 25 heavy (non-hydrogen) atoms. The van der Waals surface area contributed by atoms with Gasteiger partial charge in [-0.15, -0.1) is 0 Å². The van der Waals surface area contributed by atoms with Crippen LogP contribution in [0.15, 0.2) is 54.7 Å². The molecule has 0 fully saturated rings. The normalized spacial score (nSPS) is 10.4. The van der Waals surface area contributed by atoms with Crippen molar-refractivity contribution in [1.29, 1.82) is 0 Å². The molecule has 0 amide bonds. The molecule has 3 aromatic rings. The highest BCUT2D eigenvalue weighted by molar-refractivity contribution is 5.79. The molecular formula is C20H21N3O2. The summed E-state index contributed by atoms with van der Waals surface area (Å²) >= 11 is 0. The SMILES string of the molecule is COc1ccc(-c2ncc(N(C)C)nc2-c2ccc(OC)cc2)cc1. The van der Waals surface area contributed by atoms with Gasteiger partial charge >= 0.3 is 0 Å². The van der Waals surface area contributed by atoms with Crippen molar-refractivity contribution in [3.8, 4) is 34.0 Å². The minimum Gasteiger partial charge on any atom is -0.497 e. The molecule has 0 aliphatic heterocycles. The van der Waals surface area contributed by atoms with Crippen LogP contribution in [0, 0.1) is 0 Å². The largest absolute Gasteiger partial charge is 0.497 e. The first-order valence-corrected chi connectivity index (χ1v) is 7.95. The van der Waals surface area contributed by atoms with Crippen molar-refractivity contribution >= 4 is 5.82 Å². The Labute approximate surface area is 147 Å². The first kappa shape index (κ1) is 16.8. The summed E-state index contributed by atoms with van der Waals surface area (Å²) in [5.74, 6) is 2.43. The molecule has 1 heterocycles. The quantitative estimate of drug-likeness (QED) is 0.708. The van der Waals surface area contributed by atoms with Crippen molar-refractivity contribution in [2.75, 3.05) is 33.2 Å². The molecule has 0 radical (unpaired) electrons. The minimum absolute atomic E-state index is 0.808. The van der Waals surface area contributed by atoms with E-state index in [1.54, 1.807) is 20.4 Å². The molecule has 0 spiro atoms. The summed E-state index contributed by atoms with van der Waals surface area (Å²) in [6.07, 6.45) is 1.78. The Morgan fingerprint density at radius 1 is 0.720 bits per heavy atom. The highest BCUT2D eigenvalue weighted by atomic mass is 16.5. The van der Waals surface area contributed by atoms with Gasteiger partial charge in [-0.1, -0.05) is 0 Å². The van der Waals surface area contributed by atoms with Crippen LogP contribution in [0.5, 0.6) is 11.5 Å². The summed E-state index contributed by atoms with van der Waals surface area (Å²) in [7, 11) is 7.22. The van der Waals surface area contributed by atoms with Crippen LogP contribution < -0.4 is 14.4 Å². The first-order chi connectivity index (χ1) is 12.1. The van der Waals surface area contributed by atoms with Gasteiger partial charge in [0, 0.05) is 25.2 Å². The van der Waals surface area contributed by atoms with E-state index in [4.69, 9.17) is 14.5 Å². The van der Waals surface area contributed by atoms with Crippen molar-refractivity contribution in [1.82, 2.24) is 9.97 Å². The summed E-state index contributed by atoms with van der Waals surface area (Å²) in [5, 5.41) is 0. The van der Waals surface area contributed by atoms with Crippen LogP contribution in [-0.2, 0) is 0 Å². The molecule has 5 nitrogen and oxygen atoms in total. The van der Waals surface area contributed by atoms with Gasteiger partial charge < -0.3 is 14.4 Å². The summed E-state index contributed by atoms with van der Waals surface area (Å²) in [6, 6.07) is 15.7. The molecular weight excluding hydrogens is 314 g/mol. The fourth-order valence-corrected chi connectivity index (χ4v) is 2.51. The molecule has 2 aromatic carbocycles. The lowest BCUT2D eigenvalue weighted by atomic mass is 10.0. The van der Waals surface area contributed by atoms with Gasteiger partial charge in [-0.25, -0.2) is 4.98 Å². The summed E-state index contributed by atoms with van der Waals surface area (Å²) < 4.78 is 10.5. The molecule has 0 saturated carbocycles. The second kappa shape index (κ2) is 7.21. The number of hydrogen-bond acceptors (Lipinski definition) is 5. The topological polar surface area (TPSA) is 47.5 Å². The van der Waals surface area contributed by atoms with E-state index in [2.05, 4.69) is 4.98 Å². The molecule has 0 bridgehead atoms. The lowest BCUT2D eigenvalue weighted by Crippen LogP contribution is -2.12. The minimum atomic E-state index is 0.808. The summed E-state index contributed by atoms with van der Waals surface area (Å²) in [5.41, 5.74) is 3.64. The number of aromatic nitrogens is 2. The van der Waals surface area contributed by atoms with Gasteiger partial charge in [-0.05, 0) is 48.5 Å². The van der Waals surface area contributed by atoms with Crippen LogP contribution in [-0.4, -0.2) is 38.3 Å². The van der Waals surface area contributed by atoms with Crippen LogP contribution >= 0.6 is 0 Å². The molecule has 3 rings (SSSR count). The summed E-state index contributed by atoms with van der Waals surface area (Å²) in [6.45, 7) is 0. The molecule has 128 valence electrons. The Bertz CT molecular complexity index is 844. The van der Waals surface area contributed by atoms with E-state index in [1.165, 1.54) is 0 Å². The molecule has 0 atom stereocenters. The Morgan fingerprint density at radius 2 is 1.20 bits per heavy atom. The zero-order chi connectivity index (χ0) is 17.8. The second-order valence-electron chi connectivity index (χ2n) is 5.78. The van der Waals surface area contributed by atoms with Crippen molar-refractivity contribution in [2.45, 2.75) is 0 Å². The second-order valence-corrected chi connectivity index (χ2v) is 5.78. The lowest BCUT2D eigenvalue weighted by Gasteiger charge is -2.15. The monoisotopic (exact) mass is 335 g/mol. The van der Waals surface area contributed by atoms with E-state index >= 15 is 0 Å². The predicted molar refractivity (Wildman–Crippen MR) is 100 cm³/mol. The third kappa shape index (κ3) is 3.55.